The summed E-state index contributed by atoms with van der Waals surface area (Å²) in [6.07, 6.45) is 2.04. The third-order valence-electron chi connectivity index (χ3n) is 2.00. The largest absolute Gasteiger partial charge is 0.422 e. The average molecular weight is 156 g/mol. The first kappa shape index (κ1) is 6.64. The summed E-state index contributed by atoms with van der Waals surface area (Å²) in [5.41, 5.74) is 0. The molecule has 1 aliphatic heterocycles. The second-order valence-electron chi connectivity index (χ2n) is 2.89. The number of esters is 2. The molecule has 0 bridgehead atoms. The smallest absolute Gasteiger partial charge is 0.320 e. The summed E-state index contributed by atoms with van der Waals surface area (Å²) in [5.74, 6) is -1.77. The Bertz CT molecular complexity index is 198. The third-order valence-corrected chi connectivity index (χ3v) is 2.00. The van der Waals surface area contributed by atoms with E-state index >= 15 is 0 Å². The van der Waals surface area contributed by atoms with Gasteiger partial charge >= 0.3 is 11.9 Å². The molecule has 0 N–H and O–H groups in total. The van der Waals surface area contributed by atoms with Gasteiger partial charge in [-0.05, 0) is 6.42 Å². The van der Waals surface area contributed by atoms with Crippen molar-refractivity contribution in [1.29, 1.82) is 0 Å². The SMILES string of the molecule is O=C1CC(=O)OC2(CCC2)O1. The summed E-state index contributed by atoms with van der Waals surface area (Å²) in [6.45, 7) is 0. The van der Waals surface area contributed by atoms with Gasteiger partial charge in [-0.15, -0.1) is 0 Å². The van der Waals surface area contributed by atoms with Crippen molar-refractivity contribution in [3.05, 3.63) is 0 Å². The second kappa shape index (κ2) is 1.96. The van der Waals surface area contributed by atoms with Gasteiger partial charge in [0.25, 0.3) is 5.79 Å². The van der Waals surface area contributed by atoms with Crippen LogP contribution in [0.25, 0.3) is 0 Å². The van der Waals surface area contributed by atoms with Gasteiger partial charge in [0.15, 0.2) is 0 Å². The van der Waals surface area contributed by atoms with Crippen LogP contribution in [0, 0.1) is 0 Å². The number of hydrogen-bond donors (Lipinski definition) is 0. The summed E-state index contributed by atoms with van der Waals surface area (Å²) in [7, 11) is 0. The lowest BCUT2D eigenvalue weighted by Gasteiger charge is -2.41. The predicted molar refractivity (Wildman–Crippen MR) is 33.4 cm³/mol. The van der Waals surface area contributed by atoms with E-state index in [9.17, 15) is 9.59 Å². The van der Waals surface area contributed by atoms with Gasteiger partial charge in [-0.3, -0.25) is 9.59 Å². The first-order valence-corrected chi connectivity index (χ1v) is 3.64. The van der Waals surface area contributed by atoms with Gasteiger partial charge in [-0.25, -0.2) is 0 Å². The molecule has 1 saturated carbocycles. The molecule has 1 saturated heterocycles. The highest BCUT2D eigenvalue weighted by atomic mass is 16.7. The van der Waals surface area contributed by atoms with E-state index in [1.54, 1.807) is 0 Å². The highest BCUT2D eigenvalue weighted by molar-refractivity contribution is 5.93. The first-order chi connectivity index (χ1) is 5.20. The number of hydrogen-bond acceptors (Lipinski definition) is 4. The maximum atomic E-state index is 10.8. The van der Waals surface area contributed by atoms with E-state index in [2.05, 4.69) is 0 Å². The fourth-order valence-electron chi connectivity index (χ4n) is 1.30. The van der Waals surface area contributed by atoms with Crippen LogP contribution in [-0.2, 0) is 19.1 Å². The van der Waals surface area contributed by atoms with Gasteiger partial charge in [0, 0.05) is 12.8 Å². The minimum absolute atomic E-state index is 0.234. The molecule has 0 atom stereocenters. The molecule has 0 radical (unpaired) electrons. The molecule has 1 spiro atoms. The van der Waals surface area contributed by atoms with Crippen LogP contribution >= 0.6 is 0 Å². The van der Waals surface area contributed by atoms with Gasteiger partial charge in [-0.1, -0.05) is 0 Å². The molecule has 60 valence electrons. The molecule has 0 aromatic heterocycles. The van der Waals surface area contributed by atoms with E-state index < -0.39 is 17.7 Å². The van der Waals surface area contributed by atoms with Crippen molar-refractivity contribution in [2.45, 2.75) is 31.5 Å². The molecule has 2 fully saturated rings. The Kier molecular flexibility index (Phi) is 1.19. The van der Waals surface area contributed by atoms with Crippen molar-refractivity contribution < 1.29 is 19.1 Å². The molecule has 2 rings (SSSR count). The van der Waals surface area contributed by atoms with Crippen LogP contribution in [0.1, 0.15) is 25.7 Å². The molecule has 11 heavy (non-hydrogen) atoms. The van der Waals surface area contributed by atoms with Crippen molar-refractivity contribution in [2.24, 2.45) is 0 Å². The average Bonchev–Trinajstić information content (AvgIpc) is 1.82. The summed E-state index contributed by atoms with van der Waals surface area (Å²) in [6, 6.07) is 0. The zero-order valence-electron chi connectivity index (χ0n) is 5.96. The normalized spacial score (nSPS) is 27.3. The highest BCUT2D eigenvalue weighted by Crippen LogP contribution is 2.39. The summed E-state index contributed by atoms with van der Waals surface area (Å²) >= 11 is 0. The molecule has 4 nitrogen and oxygen atoms in total. The van der Waals surface area contributed by atoms with Crippen LogP contribution < -0.4 is 0 Å². The number of carbonyl (C=O) groups is 2. The molecule has 0 unspecified atom stereocenters. The summed E-state index contributed by atoms with van der Waals surface area (Å²) in [4.78, 5) is 21.5. The van der Waals surface area contributed by atoms with Gasteiger partial charge < -0.3 is 9.47 Å². The highest BCUT2D eigenvalue weighted by Gasteiger charge is 2.48. The Morgan fingerprint density at radius 3 is 2.00 bits per heavy atom. The number of carbonyl (C=O) groups excluding carboxylic acids is 2. The summed E-state index contributed by atoms with van der Waals surface area (Å²) < 4.78 is 9.80. The molecule has 0 aromatic carbocycles. The van der Waals surface area contributed by atoms with Gasteiger partial charge in [0.1, 0.15) is 6.42 Å². The van der Waals surface area contributed by atoms with E-state index in [-0.39, 0.29) is 6.42 Å². The number of rotatable bonds is 0. The molecular formula is C7H8O4. The lowest BCUT2D eigenvalue weighted by molar-refractivity contribution is -0.268. The van der Waals surface area contributed by atoms with E-state index in [4.69, 9.17) is 9.47 Å². The standard InChI is InChI=1S/C7H8O4/c8-5-4-6(9)11-7(10-5)2-1-3-7/h1-4H2. The van der Waals surface area contributed by atoms with Crippen molar-refractivity contribution in [3.8, 4) is 0 Å². The Morgan fingerprint density at radius 2 is 1.64 bits per heavy atom. The first-order valence-electron chi connectivity index (χ1n) is 3.64. The minimum Gasteiger partial charge on any atom is -0.422 e. The van der Waals surface area contributed by atoms with E-state index in [1.165, 1.54) is 0 Å². The quantitative estimate of drug-likeness (QED) is 0.375. The summed E-state index contributed by atoms with van der Waals surface area (Å²) in [5, 5.41) is 0. The minimum atomic E-state index is -0.855. The van der Waals surface area contributed by atoms with Crippen molar-refractivity contribution >= 4 is 11.9 Å². The molecule has 4 heteroatoms. The van der Waals surface area contributed by atoms with Crippen molar-refractivity contribution in [2.75, 3.05) is 0 Å². The zero-order valence-corrected chi connectivity index (χ0v) is 5.96. The van der Waals surface area contributed by atoms with Crippen molar-refractivity contribution in [3.63, 3.8) is 0 Å². The van der Waals surface area contributed by atoms with Gasteiger partial charge in [-0.2, -0.15) is 0 Å². The van der Waals surface area contributed by atoms with Gasteiger partial charge in [0.2, 0.25) is 0 Å². The topological polar surface area (TPSA) is 52.6 Å². The van der Waals surface area contributed by atoms with E-state index in [0.29, 0.717) is 12.8 Å². The van der Waals surface area contributed by atoms with Crippen LogP contribution in [0.4, 0.5) is 0 Å². The lowest BCUT2D eigenvalue weighted by atomic mass is 9.90. The Hall–Kier alpha value is -1.06. The molecule has 0 amide bonds. The zero-order chi connectivity index (χ0) is 7.90. The van der Waals surface area contributed by atoms with Crippen molar-refractivity contribution in [1.82, 2.24) is 0 Å². The molecule has 0 aromatic rings. The Morgan fingerprint density at radius 1 is 1.09 bits per heavy atom. The Balaban J connectivity index is 2.12. The Labute approximate surface area is 63.5 Å². The van der Waals surface area contributed by atoms with Crippen LogP contribution in [0.5, 0.6) is 0 Å². The molecule has 1 heterocycles. The lowest BCUT2D eigenvalue weighted by Crippen LogP contribution is -2.50. The van der Waals surface area contributed by atoms with Crippen LogP contribution in [-0.4, -0.2) is 17.7 Å². The van der Waals surface area contributed by atoms with Crippen LogP contribution in [0.3, 0.4) is 0 Å². The maximum Gasteiger partial charge on any atom is 0.320 e. The predicted octanol–water partition coefficient (Wildman–Crippen LogP) is 0.357. The van der Waals surface area contributed by atoms with E-state index in [0.717, 1.165) is 6.42 Å². The monoisotopic (exact) mass is 156 g/mol. The molecular weight excluding hydrogens is 148 g/mol. The van der Waals surface area contributed by atoms with E-state index in [1.807, 2.05) is 0 Å². The fraction of sp³-hybridized carbons (Fsp3) is 0.714. The maximum absolute atomic E-state index is 10.8. The number of ether oxygens (including phenoxy) is 2. The molecule has 2 aliphatic rings. The third kappa shape index (κ3) is 0.982. The fourth-order valence-corrected chi connectivity index (χ4v) is 1.30. The van der Waals surface area contributed by atoms with Crippen LogP contribution in [0.15, 0.2) is 0 Å². The molecule has 1 aliphatic carbocycles. The van der Waals surface area contributed by atoms with Gasteiger partial charge in [0.05, 0.1) is 0 Å². The van der Waals surface area contributed by atoms with Crippen LogP contribution in [0.2, 0.25) is 0 Å². The second-order valence-corrected chi connectivity index (χ2v) is 2.89.